The summed E-state index contributed by atoms with van der Waals surface area (Å²) >= 11 is 0. The van der Waals surface area contributed by atoms with Crippen molar-refractivity contribution in [3.05, 3.63) is 94.2 Å². The average Bonchev–Trinajstić information content (AvgIpc) is 2.73. The van der Waals surface area contributed by atoms with Crippen molar-refractivity contribution in [2.45, 2.75) is 6.42 Å². The first-order chi connectivity index (χ1) is 14.5. The predicted molar refractivity (Wildman–Crippen MR) is 108 cm³/mol. The molecule has 0 unspecified atom stereocenters. The van der Waals surface area contributed by atoms with Gasteiger partial charge in [0.1, 0.15) is 11.6 Å². The van der Waals surface area contributed by atoms with Crippen LogP contribution in [0, 0.1) is 11.6 Å². The highest BCUT2D eigenvalue weighted by molar-refractivity contribution is 6.01. The molecular weight excluding hydrogens is 392 g/mol. The van der Waals surface area contributed by atoms with Crippen LogP contribution in [0.3, 0.4) is 0 Å². The van der Waals surface area contributed by atoms with E-state index in [9.17, 15) is 18.4 Å². The van der Waals surface area contributed by atoms with E-state index in [-0.39, 0.29) is 5.69 Å². The normalized spacial score (nSPS) is 10.7. The number of carbonyl (C=O) groups is 1. The zero-order chi connectivity index (χ0) is 21.1. The summed E-state index contributed by atoms with van der Waals surface area (Å²) in [5.41, 5.74) is 1.33. The molecule has 2 aromatic heterocycles. The van der Waals surface area contributed by atoms with Gasteiger partial charge < -0.3 is 10.6 Å². The Balaban J connectivity index is 1.58. The topological polar surface area (TPSA) is 99.8 Å². The van der Waals surface area contributed by atoms with Crippen molar-refractivity contribution in [1.82, 2.24) is 15.2 Å². The van der Waals surface area contributed by atoms with E-state index >= 15 is 0 Å². The lowest BCUT2D eigenvalue weighted by Crippen LogP contribution is -2.20. The number of carbonyl (C=O) groups excluding carboxylic acids is 1. The van der Waals surface area contributed by atoms with Crippen LogP contribution >= 0.6 is 0 Å². The molecule has 30 heavy (non-hydrogen) atoms. The first kappa shape index (κ1) is 19.2. The predicted octanol–water partition coefficient (Wildman–Crippen LogP) is 3.83. The van der Waals surface area contributed by atoms with Gasteiger partial charge >= 0.3 is 6.03 Å². The molecule has 4 rings (SSSR count). The van der Waals surface area contributed by atoms with Crippen molar-refractivity contribution in [2.75, 3.05) is 10.6 Å². The number of aromatic nitrogens is 3. The number of halogens is 2. The van der Waals surface area contributed by atoms with Gasteiger partial charge in [-0.1, -0.05) is 12.1 Å². The summed E-state index contributed by atoms with van der Waals surface area (Å²) in [7, 11) is 0. The van der Waals surface area contributed by atoms with E-state index in [1.165, 1.54) is 6.07 Å². The number of hydrogen-bond acceptors (Lipinski definition) is 4. The second kappa shape index (κ2) is 8.08. The molecule has 7 nitrogen and oxygen atoms in total. The van der Waals surface area contributed by atoms with Gasteiger partial charge in [-0.15, -0.1) is 0 Å². The molecule has 150 valence electrons. The lowest BCUT2D eigenvalue weighted by Gasteiger charge is -2.10. The van der Waals surface area contributed by atoms with Crippen LogP contribution in [-0.2, 0) is 6.42 Å². The number of fused-ring (bicyclic) bond motifs is 1. The molecular formula is C21H15F2N5O2. The number of rotatable bonds is 4. The molecule has 0 saturated carbocycles. The van der Waals surface area contributed by atoms with Gasteiger partial charge in [0, 0.05) is 36.0 Å². The summed E-state index contributed by atoms with van der Waals surface area (Å²) in [6.07, 6.45) is 3.86. The Morgan fingerprint density at radius 3 is 2.67 bits per heavy atom. The van der Waals surface area contributed by atoms with Crippen LogP contribution in [0.25, 0.3) is 10.8 Å². The zero-order valence-corrected chi connectivity index (χ0v) is 15.4. The molecule has 0 spiro atoms. The van der Waals surface area contributed by atoms with Crippen LogP contribution in [0.15, 0.2) is 65.7 Å². The van der Waals surface area contributed by atoms with Crippen molar-refractivity contribution in [1.29, 1.82) is 0 Å². The number of hydrogen-bond donors (Lipinski definition) is 3. The van der Waals surface area contributed by atoms with Crippen LogP contribution < -0.4 is 16.2 Å². The summed E-state index contributed by atoms with van der Waals surface area (Å²) in [5, 5.41) is 12.4. The van der Waals surface area contributed by atoms with Crippen molar-refractivity contribution in [2.24, 2.45) is 0 Å². The Hall–Kier alpha value is -4.14. The minimum absolute atomic E-state index is 0.171. The highest BCUT2D eigenvalue weighted by Crippen LogP contribution is 2.21. The third kappa shape index (κ3) is 4.14. The van der Waals surface area contributed by atoms with E-state index in [0.717, 1.165) is 17.7 Å². The van der Waals surface area contributed by atoms with Crippen molar-refractivity contribution >= 4 is 28.2 Å². The fourth-order valence-electron chi connectivity index (χ4n) is 3.01. The molecule has 2 aromatic carbocycles. The second-order valence-corrected chi connectivity index (χ2v) is 6.50. The van der Waals surface area contributed by atoms with Crippen LogP contribution in [-0.4, -0.2) is 21.2 Å². The molecule has 2 heterocycles. The van der Waals surface area contributed by atoms with Gasteiger partial charge in [0.2, 0.25) is 0 Å². The third-order valence-electron chi connectivity index (χ3n) is 4.40. The zero-order valence-electron chi connectivity index (χ0n) is 15.4. The molecule has 0 fully saturated rings. The van der Waals surface area contributed by atoms with Gasteiger partial charge in [-0.25, -0.2) is 18.7 Å². The fourth-order valence-corrected chi connectivity index (χ4v) is 3.01. The summed E-state index contributed by atoms with van der Waals surface area (Å²) in [4.78, 5) is 28.5. The van der Waals surface area contributed by atoms with Crippen LogP contribution in [0.1, 0.15) is 11.3 Å². The Morgan fingerprint density at radius 1 is 1.03 bits per heavy atom. The van der Waals surface area contributed by atoms with Crippen LogP contribution in [0.4, 0.5) is 25.0 Å². The quantitative estimate of drug-likeness (QED) is 0.479. The van der Waals surface area contributed by atoms with Crippen molar-refractivity contribution < 1.29 is 13.6 Å². The van der Waals surface area contributed by atoms with Gasteiger partial charge in [0.05, 0.1) is 16.8 Å². The Bertz CT molecular complexity index is 1290. The van der Waals surface area contributed by atoms with Gasteiger partial charge in [-0.3, -0.25) is 9.78 Å². The molecule has 0 atom stereocenters. The third-order valence-corrected chi connectivity index (χ3v) is 4.40. The van der Waals surface area contributed by atoms with Crippen LogP contribution in [0.2, 0.25) is 0 Å². The number of urea groups is 1. The molecule has 3 N–H and O–H groups in total. The van der Waals surface area contributed by atoms with E-state index in [4.69, 9.17) is 0 Å². The average molecular weight is 407 g/mol. The molecule has 0 bridgehead atoms. The fraction of sp³-hybridized carbons (Fsp3) is 0.0476. The summed E-state index contributed by atoms with van der Waals surface area (Å²) < 4.78 is 26.7. The van der Waals surface area contributed by atoms with E-state index in [1.807, 2.05) is 12.1 Å². The van der Waals surface area contributed by atoms with Crippen molar-refractivity contribution in [3.8, 4) is 0 Å². The number of amides is 2. The van der Waals surface area contributed by atoms with Gasteiger partial charge in [-0.05, 0) is 35.9 Å². The van der Waals surface area contributed by atoms with Gasteiger partial charge in [-0.2, -0.15) is 5.10 Å². The largest absolute Gasteiger partial charge is 0.323 e. The number of benzene rings is 2. The molecule has 0 saturated heterocycles. The number of anilines is 2. The molecule has 0 aliphatic heterocycles. The highest BCUT2D eigenvalue weighted by Gasteiger charge is 2.11. The van der Waals surface area contributed by atoms with E-state index in [0.29, 0.717) is 34.6 Å². The minimum atomic E-state index is -0.897. The summed E-state index contributed by atoms with van der Waals surface area (Å²) in [6, 6.07) is 10.6. The first-order valence-electron chi connectivity index (χ1n) is 8.93. The van der Waals surface area contributed by atoms with E-state index in [2.05, 4.69) is 25.8 Å². The lowest BCUT2D eigenvalue weighted by atomic mass is 10.1. The number of nitrogens with zero attached hydrogens (tertiary/aromatic N) is 2. The number of nitrogens with one attached hydrogen (secondary N) is 3. The SMILES string of the molecule is O=C(Nc1ccc2c(Cc3cccnc3)n[nH]c(=O)c2c1)Nc1ccc(F)cc1F. The molecule has 9 heteroatoms. The molecule has 0 radical (unpaired) electrons. The van der Waals surface area contributed by atoms with E-state index in [1.54, 1.807) is 24.5 Å². The molecule has 4 aromatic rings. The molecule has 2 amide bonds. The number of aromatic amines is 1. The second-order valence-electron chi connectivity index (χ2n) is 6.50. The highest BCUT2D eigenvalue weighted by atomic mass is 19.1. The smallest absolute Gasteiger partial charge is 0.308 e. The van der Waals surface area contributed by atoms with Crippen molar-refractivity contribution in [3.63, 3.8) is 0 Å². The van der Waals surface area contributed by atoms with E-state index < -0.39 is 23.2 Å². The Kier molecular flexibility index (Phi) is 5.17. The minimum Gasteiger partial charge on any atom is -0.308 e. The standard InChI is InChI=1S/C21H15F2N5O2/c22-13-3-6-18(17(23)9-13)26-21(30)25-14-4-5-15-16(10-14)20(29)28-27-19(15)8-12-2-1-7-24-11-12/h1-7,9-11H,8H2,(H,28,29)(H2,25,26,30). The van der Waals surface area contributed by atoms with Gasteiger partial charge in [0.15, 0.2) is 0 Å². The Labute approximate surface area is 168 Å². The maximum absolute atomic E-state index is 13.7. The monoisotopic (exact) mass is 407 g/mol. The first-order valence-corrected chi connectivity index (χ1v) is 8.93. The van der Waals surface area contributed by atoms with Gasteiger partial charge in [0.25, 0.3) is 5.56 Å². The number of H-pyrrole nitrogens is 1. The molecule has 0 aliphatic carbocycles. The maximum Gasteiger partial charge on any atom is 0.323 e. The number of pyridine rings is 1. The maximum atomic E-state index is 13.7. The summed E-state index contributed by atoms with van der Waals surface area (Å²) in [5.74, 6) is -1.64. The molecule has 0 aliphatic rings. The summed E-state index contributed by atoms with van der Waals surface area (Å²) in [6.45, 7) is 0. The Morgan fingerprint density at radius 2 is 1.90 bits per heavy atom. The lowest BCUT2D eigenvalue weighted by molar-refractivity contribution is 0.262. The van der Waals surface area contributed by atoms with Crippen LogP contribution in [0.5, 0.6) is 0 Å².